The Kier molecular flexibility index (Phi) is 11.0. The van der Waals surface area contributed by atoms with Gasteiger partial charge in [-0.1, -0.05) is 19.8 Å². The van der Waals surface area contributed by atoms with Crippen LogP contribution in [0.4, 0.5) is 4.79 Å². The molecule has 0 aliphatic carbocycles. The standard InChI is InChI=1S/C19H37N7O2/c1-6-7-10-16(13-22-18(27)28-19(2,3)4)25-17(20-5)21-11-8-9-12-26-14-23-24-15-26/h14-16H,6-13H2,1-5H3,(H,22,27)(H2,20,21,25). The van der Waals surface area contributed by atoms with Gasteiger partial charge < -0.3 is 25.3 Å². The van der Waals surface area contributed by atoms with Crippen LogP contribution in [0.1, 0.15) is 59.8 Å². The Hall–Kier alpha value is -2.32. The average molecular weight is 396 g/mol. The number of aromatic nitrogens is 3. The van der Waals surface area contributed by atoms with E-state index in [0.29, 0.717) is 6.54 Å². The molecule has 0 radical (unpaired) electrons. The lowest BCUT2D eigenvalue weighted by Crippen LogP contribution is -2.49. The maximum Gasteiger partial charge on any atom is 0.407 e. The van der Waals surface area contributed by atoms with E-state index in [0.717, 1.165) is 51.2 Å². The summed E-state index contributed by atoms with van der Waals surface area (Å²) in [6, 6.07) is 0.0932. The largest absolute Gasteiger partial charge is 0.444 e. The molecule has 3 N–H and O–H groups in total. The summed E-state index contributed by atoms with van der Waals surface area (Å²) >= 11 is 0. The Morgan fingerprint density at radius 2 is 1.89 bits per heavy atom. The zero-order valence-electron chi connectivity index (χ0n) is 18.0. The van der Waals surface area contributed by atoms with E-state index in [9.17, 15) is 4.79 Å². The van der Waals surface area contributed by atoms with Crippen molar-refractivity contribution in [1.29, 1.82) is 0 Å². The summed E-state index contributed by atoms with van der Waals surface area (Å²) in [5.41, 5.74) is -0.499. The molecule has 1 heterocycles. The molecule has 0 aliphatic heterocycles. The number of ether oxygens (including phenoxy) is 1. The fourth-order valence-electron chi connectivity index (χ4n) is 2.55. The van der Waals surface area contributed by atoms with E-state index in [1.165, 1.54) is 0 Å². The first-order valence-electron chi connectivity index (χ1n) is 10.1. The van der Waals surface area contributed by atoms with Crippen molar-refractivity contribution in [2.45, 2.75) is 78.0 Å². The molecule has 1 unspecified atom stereocenters. The van der Waals surface area contributed by atoms with Crippen LogP contribution in [0, 0.1) is 0 Å². The zero-order valence-corrected chi connectivity index (χ0v) is 18.0. The molecule has 0 fully saturated rings. The van der Waals surface area contributed by atoms with Gasteiger partial charge in [-0.2, -0.15) is 0 Å². The van der Waals surface area contributed by atoms with Crippen LogP contribution in [0.3, 0.4) is 0 Å². The van der Waals surface area contributed by atoms with Crippen LogP contribution in [0.25, 0.3) is 0 Å². The van der Waals surface area contributed by atoms with Gasteiger partial charge >= 0.3 is 6.09 Å². The van der Waals surface area contributed by atoms with Crippen LogP contribution in [0.5, 0.6) is 0 Å². The van der Waals surface area contributed by atoms with Gasteiger partial charge in [-0.25, -0.2) is 4.79 Å². The van der Waals surface area contributed by atoms with E-state index in [1.807, 2.05) is 25.3 Å². The van der Waals surface area contributed by atoms with Crippen molar-refractivity contribution in [3.8, 4) is 0 Å². The number of unbranched alkanes of at least 4 members (excludes halogenated alkanes) is 2. The Morgan fingerprint density at radius 3 is 2.50 bits per heavy atom. The second kappa shape index (κ2) is 13.0. The van der Waals surface area contributed by atoms with E-state index >= 15 is 0 Å². The monoisotopic (exact) mass is 395 g/mol. The van der Waals surface area contributed by atoms with Crippen molar-refractivity contribution in [2.75, 3.05) is 20.1 Å². The first-order valence-corrected chi connectivity index (χ1v) is 10.1. The van der Waals surface area contributed by atoms with E-state index in [2.05, 4.69) is 38.1 Å². The number of hydrogen-bond acceptors (Lipinski definition) is 5. The SMILES string of the molecule is CCCCC(CNC(=O)OC(C)(C)C)NC(=NC)NCCCCn1cnnc1. The number of aryl methyl sites for hydroxylation is 1. The zero-order chi connectivity index (χ0) is 20.8. The molecular weight excluding hydrogens is 358 g/mol. The predicted octanol–water partition coefficient (Wildman–Crippen LogP) is 2.31. The highest BCUT2D eigenvalue weighted by atomic mass is 16.6. The number of carbonyl (C=O) groups is 1. The number of hydrogen-bond donors (Lipinski definition) is 3. The van der Waals surface area contributed by atoms with Crippen molar-refractivity contribution in [3.63, 3.8) is 0 Å². The number of amides is 1. The summed E-state index contributed by atoms with van der Waals surface area (Å²) < 4.78 is 7.28. The van der Waals surface area contributed by atoms with Crippen molar-refractivity contribution < 1.29 is 9.53 Å². The highest BCUT2D eigenvalue weighted by Gasteiger charge is 2.18. The Labute approximate surface area is 168 Å². The third kappa shape index (κ3) is 11.4. The Morgan fingerprint density at radius 1 is 1.18 bits per heavy atom. The van der Waals surface area contributed by atoms with Gasteiger partial charge in [0.25, 0.3) is 0 Å². The molecule has 9 heteroatoms. The lowest BCUT2D eigenvalue weighted by Gasteiger charge is -2.24. The van der Waals surface area contributed by atoms with Crippen LogP contribution >= 0.6 is 0 Å². The Balaban J connectivity index is 2.36. The molecule has 1 aromatic heterocycles. The minimum Gasteiger partial charge on any atom is -0.444 e. The molecular formula is C19H37N7O2. The minimum atomic E-state index is -0.499. The van der Waals surface area contributed by atoms with E-state index in [-0.39, 0.29) is 6.04 Å². The van der Waals surface area contributed by atoms with Crippen molar-refractivity contribution >= 4 is 12.1 Å². The summed E-state index contributed by atoms with van der Waals surface area (Å²) in [5, 5.41) is 17.2. The lowest BCUT2D eigenvalue weighted by atomic mass is 10.1. The van der Waals surface area contributed by atoms with Crippen LogP contribution in [-0.4, -0.2) is 58.6 Å². The second-order valence-electron chi connectivity index (χ2n) is 7.77. The minimum absolute atomic E-state index is 0.0932. The van der Waals surface area contributed by atoms with Gasteiger partial charge in [0.05, 0.1) is 0 Å². The summed E-state index contributed by atoms with van der Waals surface area (Å²) in [7, 11) is 1.75. The highest BCUT2D eigenvalue weighted by molar-refractivity contribution is 5.80. The molecule has 160 valence electrons. The van der Waals surface area contributed by atoms with Crippen molar-refractivity contribution in [3.05, 3.63) is 12.7 Å². The number of carbonyl (C=O) groups excluding carboxylic acids is 1. The summed E-state index contributed by atoms with van der Waals surface area (Å²) in [6.45, 7) is 9.93. The lowest BCUT2D eigenvalue weighted by molar-refractivity contribution is 0.0523. The number of guanidine groups is 1. The highest BCUT2D eigenvalue weighted by Crippen LogP contribution is 2.07. The second-order valence-corrected chi connectivity index (χ2v) is 7.77. The molecule has 0 aromatic carbocycles. The number of nitrogens with zero attached hydrogens (tertiary/aromatic N) is 4. The molecule has 1 atom stereocenters. The van der Waals surface area contributed by atoms with Crippen molar-refractivity contribution in [1.82, 2.24) is 30.7 Å². The van der Waals surface area contributed by atoms with Crippen LogP contribution in [-0.2, 0) is 11.3 Å². The first-order chi connectivity index (χ1) is 13.3. The molecule has 9 nitrogen and oxygen atoms in total. The van der Waals surface area contributed by atoms with Gasteiger partial charge in [0.2, 0.25) is 0 Å². The summed E-state index contributed by atoms with van der Waals surface area (Å²) in [5.74, 6) is 0.747. The molecule has 0 saturated heterocycles. The van der Waals surface area contributed by atoms with Gasteiger partial charge in [0, 0.05) is 32.7 Å². The third-order valence-corrected chi connectivity index (χ3v) is 3.96. The van der Waals surface area contributed by atoms with Crippen LogP contribution in [0.15, 0.2) is 17.6 Å². The molecule has 1 rings (SSSR count). The molecule has 1 aromatic rings. The summed E-state index contributed by atoms with van der Waals surface area (Å²) in [6.07, 6.45) is 8.21. The molecule has 0 bridgehead atoms. The normalized spacial score (nSPS) is 13.1. The number of nitrogens with one attached hydrogen (secondary N) is 3. The van der Waals surface area contributed by atoms with Gasteiger partial charge in [-0.3, -0.25) is 4.99 Å². The molecule has 0 saturated carbocycles. The molecule has 28 heavy (non-hydrogen) atoms. The molecule has 0 aliphatic rings. The van der Waals surface area contributed by atoms with E-state index < -0.39 is 11.7 Å². The van der Waals surface area contributed by atoms with Gasteiger partial charge in [0.1, 0.15) is 18.3 Å². The average Bonchev–Trinajstić information content (AvgIpc) is 3.14. The fraction of sp³-hybridized carbons (Fsp3) is 0.789. The first kappa shape index (κ1) is 23.7. The van der Waals surface area contributed by atoms with Crippen LogP contribution in [0.2, 0.25) is 0 Å². The maximum atomic E-state index is 11.9. The number of aliphatic imine (C=N–C) groups is 1. The smallest absolute Gasteiger partial charge is 0.407 e. The third-order valence-electron chi connectivity index (χ3n) is 3.96. The molecule has 1 amide bonds. The predicted molar refractivity (Wildman–Crippen MR) is 111 cm³/mol. The number of rotatable bonds is 11. The van der Waals surface area contributed by atoms with Gasteiger partial charge in [-0.05, 0) is 40.0 Å². The van der Waals surface area contributed by atoms with Gasteiger partial charge in [-0.15, -0.1) is 10.2 Å². The van der Waals surface area contributed by atoms with Crippen LogP contribution < -0.4 is 16.0 Å². The Bertz CT molecular complexity index is 567. The maximum absolute atomic E-state index is 11.9. The van der Waals surface area contributed by atoms with Gasteiger partial charge in [0.15, 0.2) is 5.96 Å². The topological polar surface area (TPSA) is 105 Å². The van der Waals surface area contributed by atoms with E-state index in [4.69, 9.17) is 4.74 Å². The molecule has 0 spiro atoms. The quantitative estimate of drug-likeness (QED) is 0.302. The van der Waals surface area contributed by atoms with Crippen molar-refractivity contribution in [2.24, 2.45) is 4.99 Å². The number of alkyl carbamates (subject to hydrolysis) is 1. The summed E-state index contributed by atoms with van der Waals surface area (Å²) in [4.78, 5) is 16.2. The fourth-order valence-corrected chi connectivity index (χ4v) is 2.55. The van der Waals surface area contributed by atoms with E-state index in [1.54, 1.807) is 19.7 Å².